The fourth-order valence-corrected chi connectivity index (χ4v) is 4.59. The molecular formula is C25H22N2O2. The van der Waals surface area contributed by atoms with Gasteiger partial charge in [0.1, 0.15) is 0 Å². The maximum atomic E-state index is 13.4. The molecule has 0 radical (unpaired) electrons. The molecule has 2 aliphatic rings. The average molecular weight is 382 g/mol. The van der Waals surface area contributed by atoms with Crippen LogP contribution in [0.25, 0.3) is 0 Å². The summed E-state index contributed by atoms with van der Waals surface area (Å²) in [6, 6.07) is 25.7. The van der Waals surface area contributed by atoms with E-state index in [1.807, 2.05) is 55.5 Å². The van der Waals surface area contributed by atoms with Gasteiger partial charge in [0.15, 0.2) is 0 Å². The first-order valence-electron chi connectivity index (χ1n) is 9.96. The number of carbonyl (C=O) groups excluding carboxylic acids is 2. The number of benzene rings is 3. The van der Waals surface area contributed by atoms with E-state index in [1.54, 1.807) is 0 Å². The van der Waals surface area contributed by atoms with Gasteiger partial charge < -0.3 is 4.90 Å². The summed E-state index contributed by atoms with van der Waals surface area (Å²) in [6.45, 7) is 3.29. The summed E-state index contributed by atoms with van der Waals surface area (Å²) in [4.78, 5) is 30.3. The van der Waals surface area contributed by atoms with Crippen LogP contribution in [0.3, 0.4) is 0 Å². The highest BCUT2D eigenvalue weighted by atomic mass is 16.2. The predicted molar refractivity (Wildman–Crippen MR) is 114 cm³/mol. The van der Waals surface area contributed by atoms with Gasteiger partial charge in [0.05, 0.1) is 17.5 Å². The molecule has 2 aliphatic heterocycles. The van der Waals surface area contributed by atoms with Crippen molar-refractivity contribution >= 4 is 23.2 Å². The van der Waals surface area contributed by atoms with Crippen LogP contribution < -0.4 is 9.80 Å². The highest BCUT2D eigenvalue weighted by molar-refractivity contribution is 6.24. The Morgan fingerprint density at radius 2 is 1.55 bits per heavy atom. The van der Waals surface area contributed by atoms with E-state index in [0.717, 1.165) is 16.8 Å². The lowest BCUT2D eigenvalue weighted by Crippen LogP contribution is -2.39. The van der Waals surface area contributed by atoms with Crippen LogP contribution in [0, 0.1) is 12.8 Å². The van der Waals surface area contributed by atoms with Crippen molar-refractivity contribution in [1.82, 2.24) is 0 Å². The van der Waals surface area contributed by atoms with Crippen molar-refractivity contribution in [1.29, 1.82) is 0 Å². The van der Waals surface area contributed by atoms with Crippen LogP contribution in [0.4, 0.5) is 11.4 Å². The zero-order valence-corrected chi connectivity index (χ0v) is 16.3. The van der Waals surface area contributed by atoms with E-state index < -0.39 is 5.92 Å². The number of fused-ring (bicyclic) bond motifs is 3. The van der Waals surface area contributed by atoms with Crippen LogP contribution in [-0.4, -0.2) is 18.4 Å². The van der Waals surface area contributed by atoms with Crippen LogP contribution in [0.2, 0.25) is 0 Å². The van der Waals surface area contributed by atoms with Crippen molar-refractivity contribution in [2.24, 2.45) is 5.92 Å². The van der Waals surface area contributed by atoms with Crippen molar-refractivity contribution in [3.05, 3.63) is 95.6 Å². The Bertz CT molecular complexity index is 1080. The summed E-state index contributed by atoms with van der Waals surface area (Å²) in [5.74, 6) is -0.987. The number of para-hydroxylation sites is 1. The van der Waals surface area contributed by atoms with Gasteiger partial charge in [-0.2, -0.15) is 0 Å². The standard InChI is InChI=1S/C25H22N2O2/c1-17-12-13-22-20(14-17)23-21(16-26(22)15-18-8-4-2-5-9-18)24(28)27(25(23)29)19-10-6-3-7-11-19/h2-14,21,23H,15-16H2,1H3/t21-,23+/m0/s1. The molecule has 1 fully saturated rings. The molecule has 0 aromatic heterocycles. The monoisotopic (exact) mass is 382 g/mol. The molecule has 0 unspecified atom stereocenters. The van der Waals surface area contributed by atoms with Gasteiger partial charge in [0, 0.05) is 18.8 Å². The van der Waals surface area contributed by atoms with Gasteiger partial charge >= 0.3 is 0 Å². The van der Waals surface area contributed by atoms with Crippen molar-refractivity contribution in [2.75, 3.05) is 16.3 Å². The molecule has 0 aliphatic carbocycles. The van der Waals surface area contributed by atoms with Gasteiger partial charge in [-0.05, 0) is 36.2 Å². The Labute approximate surface area is 170 Å². The van der Waals surface area contributed by atoms with E-state index in [-0.39, 0.29) is 17.7 Å². The minimum absolute atomic E-state index is 0.101. The molecule has 0 spiro atoms. The zero-order chi connectivity index (χ0) is 20.0. The normalized spacial score (nSPS) is 20.6. The van der Waals surface area contributed by atoms with Crippen LogP contribution in [0.15, 0.2) is 78.9 Å². The summed E-state index contributed by atoms with van der Waals surface area (Å²) in [5, 5.41) is 0. The average Bonchev–Trinajstić information content (AvgIpc) is 2.99. The van der Waals surface area contributed by atoms with Crippen LogP contribution in [-0.2, 0) is 16.1 Å². The van der Waals surface area contributed by atoms with Crippen LogP contribution in [0.1, 0.15) is 22.6 Å². The number of aryl methyl sites for hydroxylation is 1. The molecule has 144 valence electrons. The van der Waals surface area contributed by atoms with Gasteiger partial charge in [-0.1, -0.05) is 66.2 Å². The molecule has 2 heterocycles. The topological polar surface area (TPSA) is 40.6 Å². The summed E-state index contributed by atoms with van der Waals surface area (Å²) in [6.07, 6.45) is 0. The molecule has 0 saturated carbocycles. The van der Waals surface area contributed by atoms with Crippen molar-refractivity contribution in [3.63, 3.8) is 0 Å². The fourth-order valence-electron chi connectivity index (χ4n) is 4.59. The highest BCUT2D eigenvalue weighted by Gasteiger charge is 2.52. The Balaban J connectivity index is 1.58. The number of hydrogen-bond acceptors (Lipinski definition) is 3. The molecule has 2 amide bonds. The smallest absolute Gasteiger partial charge is 0.242 e. The van der Waals surface area contributed by atoms with Crippen molar-refractivity contribution in [2.45, 2.75) is 19.4 Å². The molecule has 3 aromatic rings. The number of imide groups is 1. The molecule has 2 atom stereocenters. The number of hydrogen-bond donors (Lipinski definition) is 0. The maximum Gasteiger partial charge on any atom is 0.242 e. The van der Waals surface area contributed by atoms with E-state index in [0.29, 0.717) is 18.8 Å². The first-order chi connectivity index (χ1) is 14.1. The lowest BCUT2D eigenvalue weighted by molar-refractivity contribution is -0.122. The second-order valence-electron chi connectivity index (χ2n) is 7.86. The van der Waals surface area contributed by atoms with Gasteiger partial charge in [-0.25, -0.2) is 4.90 Å². The minimum atomic E-state index is -0.412. The first-order valence-corrected chi connectivity index (χ1v) is 9.96. The fraction of sp³-hybridized carbons (Fsp3) is 0.200. The molecule has 3 aromatic carbocycles. The Morgan fingerprint density at radius 3 is 2.28 bits per heavy atom. The summed E-state index contributed by atoms with van der Waals surface area (Å²) in [7, 11) is 0. The molecule has 29 heavy (non-hydrogen) atoms. The van der Waals surface area contributed by atoms with E-state index in [2.05, 4.69) is 35.2 Å². The van der Waals surface area contributed by atoms with E-state index in [4.69, 9.17) is 0 Å². The summed E-state index contributed by atoms with van der Waals surface area (Å²) >= 11 is 0. The van der Waals surface area contributed by atoms with Gasteiger partial charge in [-0.3, -0.25) is 9.59 Å². The largest absolute Gasteiger partial charge is 0.366 e. The Hall–Kier alpha value is -3.40. The second-order valence-corrected chi connectivity index (χ2v) is 7.86. The minimum Gasteiger partial charge on any atom is -0.366 e. The zero-order valence-electron chi connectivity index (χ0n) is 16.3. The molecule has 1 saturated heterocycles. The third-order valence-electron chi connectivity index (χ3n) is 5.93. The lowest BCUT2D eigenvalue weighted by Gasteiger charge is -2.36. The summed E-state index contributed by atoms with van der Waals surface area (Å²) < 4.78 is 0. The van der Waals surface area contributed by atoms with Gasteiger partial charge in [0.2, 0.25) is 11.8 Å². The lowest BCUT2D eigenvalue weighted by atomic mass is 9.82. The number of anilines is 2. The molecule has 4 heteroatoms. The number of rotatable bonds is 3. The summed E-state index contributed by atoms with van der Waals surface area (Å²) in [5.41, 5.74) is 4.96. The molecule has 0 bridgehead atoms. The molecule has 4 nitrogen and oxygen atoms in total. The molecular weight excluding hydrogens is 360 g/mol. The van der Waals surface area contributed by atoms with E-state index in [1.165, 1.54) is 10.5 Å². The third-order valence-corrected chi connectivity index (χ3v) is 5.93. The van der Waals surface area contributed by atoms with Crippen LogP contribution in [0.5, 0.6) is 0 Å². The number of carbonyl (C=O) groups is 2. The van der Waals surface area contributed by atoms with Crippen molar-refractivity contribution < 1.29 is 9.59 Å². The predicted octanol–water partition coefficient (Wildman–Crippen LogP) is 4.29. The Kier molecular flexibility index (Phi) is 4.20. The van der Waals surface area contributed by atoms with E-state index >= 15 is 0 Å². The Morgan fingerprint density at radius 1 is 0.862 bits per heavy atom. The third kappa shape index (κ3) is 2.92. The quantitative estimate of drug-likeness (QED) is 0.635. The van der Waals surface area contributed by atoms with Gasteiger partial charge in [0.25, 0.3) is 0 Å². The molecule has 5 rings (SSSR count). The van der Waals surface area contributed by atoms with Gasteiger partial charge in [-0.15, -0.1) is 0 Å². The second kappa shape index (κ2) is 6.89. The van der Waals surface area contributed by atoms with Crippen LogP contribution >= 0.6 is 0 Å². The maximum absolute atomic E-state index is 13.4. The number of nitrogens with zero attached hydrogens (tertiary/aromatic N) is 2. The first kappa shape index (κ1) is 17.7. The van der Waals surface area contributed by atoms with E-state index in [9.17, 15) is 9.59 Å². The van der Waals surface area contributed by atoms with Crippen molar-refractivity contribution in [3.8, 4) is 0 Å². The SMILES string of the molecule is Cc1ccc2c(c1)[C@H]1C(=O)N(c3ccccc3)C(=O)[C@H]1CN2Cc1ccccc1. The molecule has 0 N–H and O–H groups in total. The highest BCUT2D eigenvalue weighted by Crippen LogP contribution is 2.46. The number of amides is 2.